The van der Waals surface area contributed by atoms with Gasteiger partial charge in [-0.05, 0) is 24.6 Å². The van der Waals surface area contributed by atoms with Gasteiger partial charge in [-0.2, -0.15) is 5.10 Å². The maximum atomic E-state index is 12.2. The molecule has 0 radical (unpaired) electrons. The molecule has 0 aliphatic rings. The lowest BCUT2D eigenvalue weighted by Gasteiger charge is -2.12. The van der Waals surface area contributed by atoms with Crippen LogP contribution in [0.3, 0.4) is 0 Å². The van der Waals surface area contributed by atoms with E-state index in [0.29, 0.717) is 0 Å². The van der Waals surface area contributed by atoms with E-state index >= 15 is 0 Å². The maximum absolute atomic E-state index is 12.2. The number of hydrogen-bond donors (Lipinski definition) is 0. The number of ether oxygens (including phenoxy) is 1. The molecule has 17 heavy (non-hydrogen) atoms. The molecule has 6 heteroatoms. The molecule has 0 amide bonds. The van der Waals surface area contributed by atoms with Crippen LogP contribution in [-0.2, 0) is 0 Å². The van der Waals surface area contributed by atoms with E-state index in [4.69, 9.17) is 0 Å². The summed E-state index contributed by atoms with van der Waals surface area (Å²) in [5.74, 6) is -0.275. The maximum Gasteiger partial charge on any atom is 0.573 e. The highest BCUT2D eigenvalue weighted by Crippen LogP contribution is 2.28. The molecular weight excluding hydrogens is 233 g/mol. The number of aryl methyl sites for hydroxylation is 1. The Bertz CT molecular complexity index is 519. The molecule has 0 fully saturated rings. The second-order valence-electron chi connectivity index (χ2n) is 3.48. The lowest BCUT2D eigenvalue weighted by atomic mass is 10.3. The monoisotopic (exact) mass is 242 g/mol. The molecule has 1 aromatic carbocycles. The van der Waals surface area contributed by atoms with Gasteiger partial charge in [0.15, 0.2) is 5.75 Å². The van der Waals surface area contributed by atoms with Crippen LogP contribution in [-0.4, -0.2) is 16.1 Å². The van der Waals surface area contributed by atoms with Gasteiger partial charge in [0.25, 0.3) is 0 Å². The molecule has 1 heterocycles. The molecule has 0 saturated carbocycles. The van der Waals surface area contributed by atoms with Crippen LogP contribution in [0.2, 0.25) is 0 Å². The number of aromatic nitrogens is 2. The van der Waals surface area contributed by atoms with Crippen LogP contribution in [0.15, 0.2) is 36.7 Å². The average molecular weight is 242 g/mol. The molecule has 0 bridgehead atoms. The standard InChI is InChI=1S/C11H9F3N2O/c1-8-6-15-16(7-8)9-4-2-3-5-10(9)17-11(12,13)14/h2-7H,1H3. The molecule has 1 aromatic heterocycles. The van der Waals surface area contributed by atoms with Crippen molar-refractivity contribution in [2.24, 2.45) is 0 Å². The molecule has 0 saturated heterocycles. The van der Waals surface area contributed by atoms with Crippen LogP contribution < -0.4 is 4.74 Å². The molecule has 0 unspecified atom stereocenters. The first-order valence-corrected chi connectivity index (χ1v) is 4.82. The lowest BCUT2D eigenvalue weighted by Crippen LogP contribution is -2.18. The molecule has 3 nitrogen and oxygen atoms in total. The molecule has 0 N–H and O–H groups in total. The topological polar surface area (TPSA) is 27.1 Å². The number of nitrogens with zero attached hydrogens (tertiary/aromatic N) is 2. The summed E-state index contributed by atoms with van der Waals surface area (Å²) in [7, 11) is 0. The van der Waals surface area contributed by atoms with Crippen molar-refractivity contribution in [2.45, 2.75) is 13.3 Å². The number of hydrogen-bond acceptors (Lipinski definition) is 2. The third kappa shape index (κ3) is 2.77. The van der Waals surface area contributed by atoms with Gasteiger partial charge in [-0.25, -0.2) is 4.68 Å². The Morgan fingerprint density at radius 3 is 2.53 bits per heavy atom. The van der Waals surface area contributed by atoms with Crippen LogP contribution in [0, 0.1) is 6.92 Å². The van der Waals surface area contributed by atoms with E-state index in [1.54, 1.807) is 25.4 Å². The first kappa shape index (κ1) is 11.5. The van der Waals surface area contributed by atoms with E-state index in [1.807, 2.05) is 0 Å². The average Bonchev–Trinajstić information content (AvgIpc) is 2.63. The van der Waals surface area contributed by atoms with Gasteiger partial charge < -0.3 is 4.74 Å². The predicted octanol–water partition coefficient (Wildman–Crippen LogP) is 3.08. The van der Waals surface area contributed by atoms with Gasteiger partial charge in [0, 0.05) is 6.20 Å². The summed E-state index contributed by atoms with van der Waals surface area (Å²) in [4.78, 5) is 0. The number of alkyl halides is 3. The molecule has 2 rings (SSSR count). The highest BCUT2D eigenvalue weighted by Gasteiger charge is 2.32. The minimum absolute atomic E-state index is 0.248. The quantitative estimate of drug-likeness (QED) is 0.809. The Labute approximate surface area is 95.4 Å². The molecule has 0 aliphatic heterocycles. The zero-order chi connectivity index (χ0) is 12.5. The van der Waals surface area contributed by atoms with Crippen LogP contribution in [0.25, 0.3) is 5.69 Å². The van der Waals surface area contributed by atoms with Gasteiger partial charge in [0.05, 0.1) is 6.20 Å². The van der Waals surface area contributed by atoms with Gasteiger partial charge >= 0.3 is 6.36 Å². The summed E-state index contributed by atoms with van der Waals surface area (Å²) in [5.41, 5.74) is 1.10. The minimum Gasteiger partial charge on any atom is -0.403 e. The van der Waals surface area contributed by atoms with E-state index in [2.05, 4.69) is 9.84 Å². The lowest BCUT2D eigenvalue weighted by molar-refractivity contribution is -0.274. The third-order valence-corrected chi connectivity index (χ3v) is 2.05. The summed E-state index contributed by atoms with van der Waals surface area (Å²) < 4.78 is 41.9. The first-order chi connectivity index (χ1) is 7.96. The first-order valence-electron chi connectivity index (χ1n) is 4.82. The molecule has 0 atom stereocenters. The van der Waals surface area contributed by atoms with Gasteiger partial charge in [-0.3, -0.25) is 0 Å². The van der Waals surface area contributed by atoms with Gasteiger partial charge in [-0.15, -0.1) is 13.2 Å². The van der Waals surface area contributed by atoms with Crippen molar-refractivity contribution >= 4 is 0 Å². The van der Waals surface area contributed by atoms with Gasteiger partial charge in [0.2, 0.25) is 0 Å². The Balaban J connectivity index is 2.41. The van der Waals surface area contributed by atoms with E-state index in [-0.39, 0.29) is 11.4 Å². The normalized spacial score (nSPS) is 11.5. The van der Waals surface area contributed by atoms with E-state index in [0.717, 1.165) is 5.56 Å². The second-order valence-corrected chi connectivity index (χ2v) is 3.48. The van der Waals surface area contributed by atoms with Crippen molar-refractivity contribution < 1.29 is 17.9 Å². The highest BCUT2D eigenvalue weighted by molar-refractivity contribution is 5.46. The second kappa shape index (κ2) is 4.12. The smallest absolute Gasteiger partial charge is 0.403 e. The fraction of sp³-hybridized carbons (Fsp3) is 0.182. The van der Waals surface area contributed by atoms with Crippen molar-refractivity contribution in [3.63, 3.8) is 0 Å². The molecular formula is C11H9F3N2O. The predicted molar refractivity (Wildman–Crippen MR) is 55.0 cm³/mol. The molecule has 0 spiro atoms. The Kier molecular flexibility index (Phi) is 2.79. The van der Waals surface area contributed by atoms with Crippen molar-refractivity contribution in [3.05, 3.63) is 42.2 Å². The van der Waals surface area contributed by atoms with Crippen molar-refractivity contribution in [1.29, 1.82) is 0 Å². The van der Waals surface area contributed by atoms with E-state index < -0.39 is 6.36 Å². The van der Waals surface area contributed by atoms with Crippen LogP contribution >= 0.6 is 0 Å². The summed E-state index contributed by atoms with van der Waals surface area (Å²) in [5, 5.41) is 3.95. The largest absolute Gasteiger partial charge is 0.573 e. The Morgan fingerprint density at radius 2 is 1.94 bits per heavy atom. The van der Waals surface area contributed by atoms with E-state index in [1.165, 1.54) is 22.9 Å². The third-order valence-electron chi connectivity index (χ3n) is 2.05. The minimum atomic E-state index is -4.71. The summed E-state index contributed by atoms with van der Waals surface area (Å²) >= 11 is 0. The SMILES string of the molecule is Cc1cnn(-c2ccccc2OC(F)(F)F)c1. The molecule has 90 valence electrons. The highest BCUT2D eigenvalue weighted by atomic mass is 19.4. The zero-order valence-electron chi connectivity index (χ0n) is 8.90. The summed E-state index contributed by atoms with van der Waals surface area (Å²) in [6.07, 6.45) is -1.53. The van der Waals surface area contributed by atoms with Crippen LogP contribution in [0.1, 0.15) is 5.56 Å². The van der Waals surface area contributed by atoms with Crippen molar-refractivity contribution in [2.75, 3.05) is 0 Å². The zero-order valence-corrected chi connectivity index (χ0v) is 8.90. The number of benzene rings is 1. The summed E-state index contributed by atoms with van der Waals surface area (Å²) in [6.45, 7) is 1.80. The number of rotatable bonds is 2. The van der Waals surface area contributed by atoms with Crippen LogP contribution in [0.4, 0.5) is 13.2 Å². The van der Waals surface area contributed by atoms with Crippen LogP contribution in [0.5, 0.6) is 5.75 Å². The van der Waals surface area contributed by atoms with Gasteiger partial charge in [-0.1, -0.05) is 12.1 Å². The molecule has 2 aromatic rings. The van der Waals surface area contributed by atoms with E-state index in [9.17, 15) is 13.2 Å². The van der Waals surface area contributed by atoms with Crippen molar-refractivity contribution in [3.8, 4) is 11.4 Å². The Morgan fingerprint density at radius 1 is 1.24 bits per heavy atom. The fourth-order valence-corrected chi connectivity index (χ4v) is 1.40. The Hall–Kier alpha value is -1.98. The fourth-order valence-electron chi connectivity index (χ4n) is 1.40. The van der Waals surface area contributed by atoms with Gasteiger partial charge in [0.1, 0.15) is 5.69 Å². The summed E-state index contributed by atoms with van der Waals surface area (Å²) in [6, 6.07) is 5.85. The number of para-hydroxylation sites is 2. The van der Waals surface area contributed by atoms with Crippen molar-refractivity contribution in [1.82, 2.24) is 9.78 Å². The molecule has 0 aliphatic carbocycles. The number of halogens is 3.